The highest BCUT2D eigenvalue weighted by Crippen LogP contribution is 2.38. The zero-order valence-corrected chi connectivity index (χ0v) is 17.5. The Labute approximate surface area is 164 Å². The van der Waals surface area contributed by atoms with Crippen LogP contribution >= 0.6 is 0 Å². The van der Waals surface area contributed by atoms with Gasteiger partial charge in [-0.2, -0.15) is 0 Å². The van der Waals surface area contributed by atoms with E-state index in [0.717, 1.165) is 25.0 Å². The number of carbonyl (C=O) groups is 1. The van der Waals surface area contributed by atoms with E-state index in [4.69, 9.17) is 4.74 Å². The third-order valence-corrected chi connectivity index (χ3v) is 7.99. The second kappa shape index (κ2) is 7.06. The van der Waals surface area contributed by atoms with Crippen LogP contribution in [-0.4, -0.2) is 36.8 Å². The van der Waals surface area contributed by atoms with Crippen molar-refractivity contribution in [2.24, 2.45) is 0 Å². The summed E-state index contributed by atoms with van der Waals surface area (Å²) >= 11 is 0. The highest BCUT2D eigenvalue weighted by molar-refractivity contribution is 7.92. The summed E-state index contributed by atoms with van der Waals surface area (Å²) in [7, 11) is -3.96. The van der Waals surface area contributed by atoms with Crippen LogP contribution in [0.25, 0.3) is 0 Å². The van der Waals surface area contributed by atoms with Gasteiger partial charge < -0.3 is 10.1 Å². The van der Waals surface area contributed by atoms with Crippen LogP contribution in [0, 0.1) is 11.6 Å². The molecule has 8 heteroatoms. The maximum atomic E-state index is 15.0. The molecule has 1 aliphatic carbocycles. The number of hydrogen-bond donors (Lipinski definition) is 1. The lowest BCUT2D eigenvalue weighted by Crippen LogP contribution is -2.46. The summed E-state index contributed by atoms with van der Waals surface area (Å²) in [5.74, 6) is -3.38. The number of rotatable bonds is 4. The summed E-state index contributed by atoms with van der Waals surface area (Å²) in [6, 6.07) is 1.30. The lowest BCUT2D eigenvalue weighted by Gasteiger charge is -2.27. The lowest BCUT2D eigenvalue weighted by atomic mass is 9.94. The minimum Gasteiger partial charge on any atom is -0.367 e. The minimum absolute atomic E-state index is 0.448. The van der Waals surface area contributed by atoms with Crippen molar-refractivity contribution in [2.75, 3.05) is 0 Å². The number of ether oxygens (including phenoxy) is 1. The van der Waals surface area contributed by atoms with Gasteiger partial charge in [-0.3, -0.25) is 4.79 Å². The largest absolute Gasteiger partial charge is 0.367 e. The molecule has 5 nitrogen and oxygen atoms in total. The van der Waals surface area contributed by atoms with Crippen molar-refractivity contribution in [3.63, 3.8) is 0 Å². The van der Waals surface area contributed by atoms with Gasteiger partial charge in [0.25, 0.3) is 5.91 Å². The van der Waals surface area contributed by atoms with Crippen molar-refractivity contribution in [2.45, 2.75) is 87.2 Å². The van der Waals surface area contributed by atoms with Gasteiger partial charge in [-0.25, -0.2) is 17.2 Å². The number of hydrogen-bond acceptors (Lipinski definition) is 4. The molecule has 1 atom stereocenters. The standard InChI is InChI=1S/C20H27F2NO4S/c1-19(2)11-15(20(3,4)27-19)23-18(24)16-13(21)9-10-14(17(16)22)28(25,26)12-7-5-6-8-12/h9-10,12,15H,5-8,11H2,1-4H3,(H,23,24)/t15-/m0/s1. The van der Waals surface area contributed by atoms with E-state index in [2.05, 4.69) is 5.32 Å². The van der Waals surface area contributed by atoms with E-state index >= 15 is 4.39 Å². The number of halogens is 2. The normalized spacial score (nSPS) is 24.4. The molecule has 1 aliphatic heterocycles. The number of benzene rings is 1. The average Bonchev–Trinajstić information content (AvgIpc) is 3.13. The van der Waals surface area contributed by atoms with Gasteiger partial charge in [0.2, 0.25) is 0 Å². The van der Waals surface area contributed by atoms with E-state index in [0.29, 0.717) is 19.3 Å². The lowest BCUT2D eigenvalue weighted by molar-refractivity contribution is -0.0693. The summed E-state index contributed by atoms with van der Waals surface area (Å²) in [4.78, 5) is 12.1. The SMILES string of the molecule is CC1(C)C[C@H](NC(=O)c2c(F)ccc(S(=O)(=O)C3CCCC3)c2F)C(C)(C)O1. The van der Waals surface area contributed by atoms with Crippen LogP contribution in [0.15, 0.2) is 17.0 Å². The summed E-state index contributed by atoms with van der Waals surface area (Å²) in [5, 5.41) is 1.94. The summed E-state index contributed by atoms with van der Waals surface area (Å²) in [6.07, 6.45) is 2.88. The first kappa shape index (κ1) is 21.2. The first-order chi connectivity index (χ1) is 12.8. The second-order valence-electron chi connectivity index (χ2n) is 8.88. The molecule has 1 aromatic carbocycles. The molecule has 1 amide bonds. The van der Waals surface area contributed by atoms with Crippen LogP contribution in [0.5, 0.6) is 0 Å². The van der Waals surface area contributed by atoms with E-state index < -0.39 is 60.3 Å². The third kappa shape index (κ3) is 3.81. The molecule has 1 saturated heterocycles. The number of carbonyl (C=O) groups excluding carboxylic acids is 1. The van der Waals surface area contributed by atoms with Gasteiger partial charge >= 0.3 is 0 Å². The molecule has 1 saturated carbocycles. The Hall–Kier alpha value is -1.54. The van der Waals surface area contributed by atoms with Crippen molar-refractivity contribution < 1.29 is 26.7 Å². The van der Waals surface area contributed by atoms with Crippen molar-refractivity contribution >= 4 is 15.7 Å². The summed E-state index contributed by atoms with van der Waals surface area (Å²) in [6.45, 7) is 7.33. The fraction of sp³-hybridized carbons (Fsp3) is 0.650. The Bertz CT molecular complexity index is 890. The fourth-order valence-corrected chi connectivity index (χ4v) is 6.28. The molecular formula is C20H27F2NO4S. The summed E-state index contributed by atoms with van der Waals surface area (Å²) < 4.78 is 60.8. The van der Waals surface area contributed by atoms with Crippen LogP contribution < -0.4 is 5.32 Å². The van der Waals surface area contributed by atoms with Crippen LogP contribution in [0.3, 0.4) is 0 Å². The van der Waals surface area contributed by atoms with Crippen molar-refractivity contribution in [3.8, 4) is 0 Å². The molecule has 1 aromatic rings. The number of sulfone groups is 1. The van der Waals surface area contributed by atoms with Crippen LogP contribution in [0.4, 0.5) is 8.78 Å². The number of amides is 1. The zero-order valence-electron chi connectivity index (χ0n) is 16.6. The molecule has 1 heterocycles. The van der Waals surface area contributed by atoms with Crippen molar-refractivity contribution in [1.29, 1.82) is 0 Å². The smallest absolute Gasteiger partial charge is 0.257 e. The Morgan fingerprint density at radius 3 is 2.29 bits per heavy atom. The Balaban J connectivity index is 1.93. The van der Waals surface area contributed by atoms with Gasteiger partial charge in [0.1, 0.15) is 16.3 Å². The van der Waals surface area contributed by atoms with Gasteiger partial charge in [0, 0.05) is 0 Å². The molecule has 2 aliphatic rings. The summed E-state index contributed by atoms with van der Waals surface area (Å²) in [5.41, 5.74) is -2.08. The monoisotopic (exact) mass is 415 g/mol. The van der Waals surface area contributed by atoms with E-state index in [1.165, 1.54) is 0 Å². The van der Waals surface area contributed by atoms with Crippen LogP contribution in [-0.2, 0) is 14.6 Å². The van der Waals surface area contributed by atoms with Gasteiger partial charge in [-0.1, -0.05) is 12.8 Å². The Morgan fingerprint density at radius 2 is 1.75 bits per heavy atom. The zero-order chi connectivity index (χ0) is 20.9. The van der Waals surface area contributed by atoms with E-state index in [9.17, 15) is 17.6 Å². The molecule has 156 valence electrons. The predicted octanol–water partition coefficient (Wildman–Crippen LogP) is 3.76. The second-order valence-corrected chi connectivity index (χ2v) is 11.1. The van der Waals surface area contributed by atoms with Crippen LogP contribution in [0.1, 0.15) is 70.2 Å². The topological polar surface area (TPSA) is 72.5 Å². The molecule has 0 bridgehead atoms. The molecule has 0 spiro atoms. The quantitative estimate of drug-likeness (QED) is 0.760. The maximum Gasteiger partial charge on any atom is 0.257 e. The van der Waals surface area contributed by atoms with Gasteiger partial charge in [0.15, 0.2) is 15.7 Å². The molecule has 3 rings (SSSR count). The number of nitrogens with one attached hydrogen (secondary N) is 1. The molecule has 0 aromatic heterocycles. The predicted molar refractivity (Wildman–Crippen MR) is 101 cm³/mol. The van der Waals surface area contributed by atoms with Crippen LogP contribution in [0.2, 0.25) is 0 Å². The highest BCUT2D eigenvalue weighted by Gasteiger charge is 2.47. The first-order valence-electron chi connectivity index (χ1n) is 9.58. The van der Waals surface area contributed by atoms with E-state index in [1.807, 2.05) is 13.8 Å². The molecule has 28 heavy (non-hydrogen) atoms. The van der Waals surface area contributed by atoms with E-state index in [1.54, 1.807) is 13.8 Å². The molecule has 0 radical (unpaired) electrons. The highest BCUT2D eigenvalue weighted by atomic mass is 32.2. The Kier molecular flexibility index (Phi) is 5.34. The van der Waals surface area contributed by atoms with Crippen molar-refractivity contribution in [1.82, 2.24) is 5.32 Å². The van der Waals surface area contributed by atoms with Crippen molar-refractivity contribution in [3.05, 3.63) is 29.3 Å². The van der Waals surface area contributed by atoms with Gasteiger partial charge in [-0.15, -0.1) is 0 Å². The molecular weight excluding hydrogens is 388 g/mol. The Morgan fingerprint density at radius 1 is 1.14 bits per heavy atom. The average molecular weight is 416 g/mol. The van der Waals surface area contributed by atoms with Gasteiger partial charge in [-0.05, 0) is 59.1 Å². The first-order valence-corrected chi connectivity index (χ1v) is 11.1. The molecule has 1 N–H and O–H groups in total. The molecule has 0 unspecified atom stereocenters. The molecule has 2 fully saturated rings. The third-order valence-electron chi connectivity index (χ3n) is 5.71. The van der Waals surface area contributed by atoms with Gasteiger partial charge in [0.05, 0.1) is 22.5 Å². The maximum absolute atomic E-state index is 15.0. The van der Waals surface area contributed by atoms with E-state index in [-0.39, 0.29) is 0 Å². The fourth-order valence-electron chi connectivity index (χ4n) is 4.36. The minimum atomic E-state index is -3.96.